The number of hydrogen-bond donors (Lipinski definition) is 0. The Labute approximate surface area is 102 Å². The first kappa shape index (κ1) is 11.2. The molecule has 3 nitrogen and oxygen atoms in total. The zero-order chi connectivity index (χ0) is 11.5. The smallest absolute Gasteiger partial charge is 0.312 e. The molecule has 82 valence electrons. The quantitative estimate of drug-likeness (QED) is 0.463. The van der Waals surface area contributed by atoms with E-state index in [0.29, 0.717) is 16.3 Å². The molecule has 1 aliphatic heterocycles. The lowest BCUT2D eigenvalue weighted by Crippen LogP contribution is -2.06. The van der Waals surface area contributed by atoms with Gasteiger partial charge in [0.2, 0.25) is 0 Å². The lowest BCUT2D eigenvalue weighted by Gasteiger charge is -1.96. The maximum absolute atomic E-state index is 11.3. The van der Waals surface area contributed by atoms with Crippen LogP contribution in [0, 0.1) is 0 Å². The normalized spacial score (nSPS) is 17.5. The van der Waals surface area contributed by atoms with Crippen molar-refractivity contribution in [2.75, 3.05) is 5.88 Å². The van der Waals surface area contributed by atoms with Crippen LogP contribution in [0.1, 0.15) is 5.56 Å². The van der Waals surface area contributed by atoms with E-state index < -0.39 is 5.97 Å². The van der Waals surface area contributed by atoms with Crippen LogP contribution < -0.4 is 0 Å². The first-order valence-electron chi connectivity index (χ1n) is 4.52. The summed E-state index contributed by atoms with van der Waals surface area (Å²) in [6, 6.07) is 7.08. The SMILES string of the molecule is O=C1ON=C(CCl)/C1=C/c1ccc(Cl)cc1. The molecule has 1 heterocycles. The Morgan fingerprint density at radius 2 is 2.00 bits per heavy atom. The maximum atomic E-state index is 11.3. The van der Waals surface area contributed by atoms with Crippen molar-refractivity contribution in [1.82, 2.24) is 0 Å². The van der Waals surface area contributed by atoms with Gasteiger partial charge in [-0.05, 0) is 23.8 Å². The molecule has 1 aromatic rings. The molecule has 0 radical (unpaired) electrons. The third-order valence-corrected chi connectivity index (χ3v) is 2.58. The minimum atomic E-state index is -0.481. The lowest BCUT2D eigenvalue weighted by molar-refractivity contribution is -0.136. The van der Waals surface area contributed by atoms with E-state index in [1.807, 2.05) is 0 Å². The number of benzene rings is 1. The Hall–Kier alpha value is -1.32. The molecule has 0 unspecified atom stereocenters. The zero-order valence-corrected chi connectivity index (χ0v) is 9.63. The molecule has 2 rings (SSSR count). The van der Waals surface area contributed by atoms with Crippen molar-refractivity contribution in [3.05, 3.63) is 40.4 Å². The number of rotatable bonds is 2. The summed E-state index contributed by atoms with van der Waals surface area (Å²) in [5, 5.41) is 4.21. The largest absolute Gasteiger partial charge is 0.367 e. The number of nitrogens with zero attached hydrogens (tertiary/aromatic N) is 1. The minimum absolute atomic E-state index is 0.144. The van der Waals surface area contributed by atoms with Gasteiger partial charge in [0.05, 0.1) is 11.5 Å². The average Bonchev–Trinajstić information content (AvgIpc) is 2.63. The fourth-order valence-corrected chi connectivity index (χ4v) is 1.60. The van der Waals surface area contributed by atoms with Gasteiger partial charge in [-0.3, -0.25) is 0 Å². The average molecular weight is 256 g/mol. The molecule has 0 saturated heterocycles. The van der Waals surface area contributed by atoms with Gasteiger partial charge in [-0.15, -0.1) is 11.6 Å². The van der Waals surface area contributed by atoms with Gasteiger partial charge >= 0.3 is 5.97 Å². The van der Waals surface area contributed by atoms with E-state index in [1.54, 1.807) is 30.3 Å². The van der Waals surface area contributed by atoms with Gasteiger partial charge in [-0.1, -0.05) is 28.9 Å². The molecule has 0 N–H and O–H groups in total. The predicted molar refractivity (Wildman–Crippen MR) is 63.7 cm³/mol. The number of carbonyl (C=O) groups excluding carboxylic acids is 1. The van der Waals surface area contributed by atoms with Crippen molar-refractivity contribution in [2.45, 2.75) is 0 Å². The molecule has 0 bridgehead atoms. The second-order valence-electron chi connectivity index (χ2n) is 3.16. The van der Waals surface area contributed by atoms with Crippen LogP contribution in [0.25, 0.3) is 6.08 Å². The zero-order valence-electron chi connectivity index (χ0n) is 8.11. The van der Waals surface area contributed by atoms with Crippen LogP contribution in [0.5, 0.6) is 0 Å². The molecule has 0 spiro atoms. The van der Waals surface area contributed by atoms with E-state index in [0.717, 1.165) is 5.56 Å². The molecule has 0 aliphatic carbocycles. The van der Waals surface area contributed by atoms with Crippen LogP contribution in [-0.4, -0.2) is 17.6 Å². The number of alkyl halides is 1. The van der Waals surface area contributed by atoms with Gasteiger partial charge < -0.3 is 4.84 Å². The molecular weight excluding hydrogens is 249 g/mol. The van der Waals surface area contributed by atoms with Gasteiger partial charge in [0.25, 0.3) is 0 Å². The van der Waals surface area contributed by atoms with Gasteiger partial charge in [0, 0.05) is 5.02 Å². The summed E-state index contributed by atoms with van der Waals surface area (Å²) in [5.74, 6) is -0.337. The van der Waals surface area contributed by atoms with Crippen LogP contribution in [-0.2, 0) is 9.63 Å². The fraction of sp³-hybridized carbons (Fsp3) is 0.0909. The molecule has 1 aliphatic rings. The lowest BCUT2D eigenvalue weighted by atomic mass is 10.1. The van der Waals surface area contributed by atoms with Crippen molar-refractivity contribution in [2.24, 2.45) is 5.16 Å². The Morgan fingerprint density at radius 3 is 2.62 bits per heavy atom. The van der Waals surface area contributed by atoms with Gasteiger partial charge in [0.1, 0.15) is 5.71 Å². The molecule has 5 heteroatoms. The minimum Gasteiger partial charge on any atom is -0.312 e. The van der Waals surface area contributed by atoms with Crippen molar-refractivity contribution < 1.29 is 9.63 Å². The van der Waals surface area contributed by atoms with E-state index in [-0.39, 0.29) is 5.88 Å². The number of halogens is 2. The van der Waals surface area contributed by atoms with Gasteiger partial charge in [-0.25, -0.2) is 4.79 Å². The summed E-state index contributed by atoms with van der Waals surface area (Å²) in [4.78, 5) is 15.9. The maximum Gasteiger partial charge on any atom is 0.367 e. The fourth-order valence-electron chi connectivity index (χ4n) is 1.28. The highest BCUT2D eigenvalue weighted by Crippen LogP contribution is 2.18. The van der Waals surface area contributed by atoms with Crippen LogP contribution in [0.15, 0.2) is 35.0 Å². The summed E-state index contributed by atoms with van der Waals surface area (Å²) >= 11 is 11.4. The molecular formula is C11H7Cl2NO2. The highest BCUT2D eigenvalue weighted by atomic mass is 35.5. The standard InChI is InChI=1S/C11H7Cl2NO2/c12-6-10-9(11(15)16-14-10)5-7-1-3-8(13)4-2-7/h1-5H,6H2/b9-5-. The predicted octanol–water partition coefficient (Wildman–Crippen LogP) is 2.88. The van der Waals surface area contributed by atoms with Crippen molar-refractivity contribution >= 4 is 41.0 Å². The summed E-state index contributed by atoms with van der Waals surface area (Å²) in [6.45, 7) is 0. The third kappa shape index (κ3) is 2.26. The van der Waals surface area contributed by atoms with E-state index in [2.05, 4.69) is 9.99 Å². The second kappa shape index (κ2) is 4.68. The molecule has 16 heavy (non-hydrogen) atoms. The van der Waals surface area contributed by atoms with E-state index >= 15 is 0 Å². The molecule has 0 fully saturated rings. The molecule has 0 amide bonds. The summed E-state index contributed by atoms with van der Waals surface area (Å²) < 4.78 is 0. The highest BCUT2D eigenvalue weighted by molar-refractivity contribution is 6.38. The second-order valence-corrected chi connectivity index (χ2v) is 3.86. The van der Waals surface area contributed by atoms with Crippen LogP contribution >= 0.6 is 23.2 Å². The Bertz CT molecular complexity index is 477. The van der Waals surface area contributed by atoms with Crippen LogP contribution in [0.2, 0.25) is 5.02 Å². The number of hydrogen-bond acceptors (Lipinski definition) is 3. The van der Waals surface area contributed by atoms with Gasteiger partial charge in [-0.2, -0.15) is 0 Å². The summed E-state index contributed by atoms with van der Waals surface area (Å²) in [6.07, 6.45) is 1.67. The number of carbonyl (C=O) groups is 1. The summed E-state index contributed by atoms with van der Waals surface area (Å²) in [7, 11) is 0. The van der Waals surface area contributed by atoms with Crippen molar-refractivity contribution in [3.63, 3.8) is 0 Å². The number of oxime groups is 1. The first-order chi connectivity index (χ1) is 7.70. The van der Waals surface area contributed by atoms with E-state index in [1.165, 1.54) is 0 Å². The molecule has 0 aromatic heterocycles. The van der Waals surface area contributed by atoms with Crippen LogP contribution in [0.3, 0.4) is 0 Å². The highest BCUT2D eigenvalue weighted by Gasteiger charge is 2.24. The topological polar surface area (TPSA) is 38.7 Å². The van der Waals surface area contributed by atoms with Crippen molar-refractivity contribution in [3.8, 4) is 0 Å². The Balaban J connectivity index is 2.33. The van der Waals surface area contributed by atoms with E-state index in [9.17, 15) is 4.79 Å². The Kier molecular flexibility index (Phi) is 3.27. The Morgan fingerprint density at radius 1 is 1.31 bits per heavy atom. The first-order valence-corrected chi connectivity index (χ1v) is 5.44. The molecule has 0 atom stereocenters. The third-order valence-electron chi connectivity index (χ3n) is 2.08. The van der Waals surface area contributed by atoms with Gasteiger partial charge in [0.15, 0.2) is 0 Å². The molecule has 1 aromatic carbocycles. The summed E-state index contributed by atoms with van der Waals surface area (Å²) in [5.41, 5.74) is 1.68. The van der Waals surface area contributed by atoms with Crippen molar-refractivity contribution in [1.29, 1.82) is 0 Å². The monoisotopic (exact) mass is 255 g/mol. The van der Waals surface area contributed by atoms with Crippen LogP contribution in [0.4, 0.5) is 0 Å². The van der Waals surface area contributed by atoms with E-state index in [4.69, 9.17) is 23.2 Å². The molecule has 0 saturated carbocycles.